The fraction of sp³-hybridized carbons (Fsp3) is 0.692. The van der Waals surface area contributed by atoms with Crippen LogP contribution in [0.15, 0.2) is 24.3 Å². The number of carboxylic acids is 2. The van der Waals surface area contributed by atoms with Crippen molar-refractivity contribution < 1.29 is 102 Å². The Morgan fingerprint density at radius 1 is 0.500 bits per heavy atom. The second-order valence-corrected chi connectivity index (χ2v) is 21.2. The summed E-state index contributed by atoms with van der Waals surface area (Å²) in [7, 11) is 3.57. The highest BCUT2D eigenvalue weighted by Crippen LogP contribution is 2.40. The number of ether oxygens (including phenoxy) is 2. The van der Waals surface area contributed by atoms with E-state index in [-0.39, 0.29) is 42.0 Å². The minimum absolute atomic E-state index is 0. The molecule has 0 heterocycles. The molecule has 0 spiro atoms. The van der Waals surface area contributed by atoms with E-state index in [0.29, 0.717) is 12.1 Å². The number of hydrogen-bond donors (Lipinski definition) is 8. The van der Waals surface area contributed by atoms with Crippen LogP contribution in [0, 0.1) is 0 Å². The Morgan fingerprint density at radius 2 is 0.718 bits per heavy atom. The monoisotopic (exact) mass is 1150 g/mol. The van der Waals surface area contributed by atoms with E-state index in [9.17, 15) is 52.7 Å². The molecule has 78 heavy (non-hydrogen) atoms. The second-order valence-electron chi connectivity index (χ2n) is 21.2. The topological polar surface area (TPSA) is 216 Å². The molecule has 2 atom stereocenters. The van der Waals surface area contributed by atoms with E-state index in [1.54, 1.807) is 14.2 Å². The summed E-state index contributed by atoms with van der Waals surface area (Å²) < 4.78 is 138. The first-order valence-corrected chi connectivity index (χ1v) is 23.8. The SMILES string of the molecule is C.COc1cc(C(C)(C)C)c(C(C)(C)C)cc1CNC(C)CCNCCCNCCC(C)NCc1cc(C(C)(C)C)c(C(C)(C)C)cc1OC.FC(F)(F)C(F)(F)F.O=C(O)C(F)(F)F.O=C(O)C(F)(F)F.O=CO.O=CO. The number of methoxy groups -OCH3 is 2. The van der Waals surface area contributed by atoms with Gasteiger partial charge in [-0.3, -0.25) is 9.59 Å². The lowest BCUT2D eigenvalue weighted by Gasteiger charge is -2.31. The zero-order valence-corrected chi connectivity index (χ0v) is 46.8. The number of rotatable bonds is 18. The summed E-state index contributed by atoms with van der Waals surface area (Å²) in [5, 5.41) is 42.8. The molecule has 14 nitrogen and oxygen atoms in total. The number of alkyl halides is 12. The summed E-state index contributed by atoms with van der Waals surface area (Å²) in [5.41, 5.74) is 8.31. The lowest BCUT2D eigenvalue weighted by Crippen LogP contribution is -2.32. The zero-order chi connectivity index (χ0) is 61.8. The van der Waals surface area contributed by atoms with Gasteiger partial charge in [0.25, 0.3) is 12.9 Å². The third-order valence-electron chi connectivity index (χ3n) is 10.4. The molecule has 0 bridgehead atoms. The highest BCUT2D eigenvalue weighted by atomic mass is 19.5. The average Bonchev–Trinajstić information content (AvgIpc) is 3.25. The van der Waals surface area contributed by atoms with Crippen molar-refractivity contribution in [1.29, 1.82) is 0 Å². The summed E-state index contributed by atoms with van der Waals surface area (Å²) in [6.45, 7) is 37.3. The standard InChI is InChI=1S/C43H76N4O2.C2F6.2C2HF3O2.2CH2O2.CH4/c1-30(46-28-32-24-34(40(3,4)5)36(42(9,10)11)26-38(32)48-15)18-22-44-20-17-21-45-23-19-31(2)47-29-33-25-35(41(6,7)8)37(43(12,13)14)27-39(33)49-16;3-1(4,5)2(6,7)8;2*3-2(4,5)1(6)7;2*2-1-3;/h24-27,30-31,44-47H,17-23,28-29H2,1-16H3;;2*(H,6,7);2*1H,(H,2,3);1H4. The predicted molar refractivity (Wildman–Crippen MR) is 277 cm³/mol. The van der Waals surface area contributed by atoms with E-state index in [0.717, 1.165) is 70.0 Å². The number of benzene rings is 2. The van der Waals surface area contributed by atoms with E-state index in [4.69, 9.17) is 49.1 Å². The van der Waals surface area contributed by atoms with Crippen molar-refractivity contribution in [2.45, 2.75) is 195 Å². The molecular formula is C52H86F12N4O10. The van der Waals surface area contributed by atoms with Crippen LogP contribution < -0.4 is 30.7 Å². The van der Waals surface area contributed by atoms with Gasteiger partial charge in [-0.2, -0.15) is 52.7 Å². The molecule has 8 N–H and O–H groups in total. The highest BCUT2D eigenvalue weighted by molar-refractivity contribution is 5.73. The van der Waals surface area contributed by atoms with Gasteiger partial charge in [0.05, 0.1) is 14.2 Å². The quantitative estimate of drug-likeness (QED) is 0.0396. The largest absolute Gasteiger partial charge is 0.496 e. The Hall–Kier alpha value is -5.08. The van der Waals surface area contributed by atoms with Crippen LogP contribution >= 0.6 is 0 Å². The van der Waals surface area contributed by atoms with Gasteiger partial charge in [0, 0.05) is 36.3 Å². The van der Waals surface area contributed by atoms with Crippen LogP contribution in [0.5, 0.6) is 11.5 Å². The van der Waals surface area contributed by atoms with Crippen molar-refractivity contribution in [3.05, 3.63) is 57.6 Å². The third kappa shape index (κ3) is 36.2. The first-order chi connectivity index (χ1) is 34.6. The molecular weight excluding hydrogens is 1070 g/mol. The van der Waals surface area contributed by atoms with Gasteiger partial charge in [-0.1, -0.05) is 90.5 Å². The number of halogens is 12. The number of nitrogens with one attached hydrogen (secondary N) is 4. The average molecular weight is 1160 g/mol. The number of carbonyl (C=O) groups is 4. The molecule has 0 aromatic heterocycles. The molecule has 0 fully saturated rings. The van der Waals surface area contributed by atoms with Crippen LogP contribution in [-0.4, -0.2) is 122 Å². The molecule has 2 aromatic rings. The Balaban J connectivity index is -0.000000498. The summed E-state index contributed by atoms with van der Waals surface area (Å²) >= 11 is 0. The molecule has 2 aromatic carbocycles. The van der Waals surface area contributed by atoms with Gasteiger partial charge in [0.1, 0.15) is 11.5 Å². The first-order valence-electron chi connectivity index (χ1n) is 23.8. The molecule has 26 heteroatoms. The van der Waals surface area contributed by atoms with Crippen LogP contribution in [0.2, 0.25) is 0 Å². The van der Waals surface area contributed by atoms with Crippen molar-refractivity contribution in [1.82, 2.24) is 21.3 Å². The Bertz CT molecular complexity index is 1880. The van der Waals surface area contributed by atoms with Crippen molar-refractivity contribution in [3.63, 3.8) is 0 Å². The summed E-state index contributed by atoms with van der Waals surface area (Å²) in [5.74, 6) is -3.55. The predicted octanol–water partition coefficient (Wildman–Crippen LogP) is 12.3. The maximum atomic E-state index is 10.6. The normalized spacial score (nSPS) is 12.7. The summed E-state index contributed by atoms with van der Waals surface area (Å²) in [6, 6.07) is 10.1. The van der Waals surface area contributed by atoms with Gasteiger partial charge in [-0.25, -0.2) is 9.59 Å². The van der Waals surface area contributed by atoms with E-state index < -0.39 is 36.6 Å². The van der Waals surface area contributed by atoms with Crippen LogP contribution in [-0.2, 0) is 53.9 Å². The van der Waals surface area contributed by atoms with E-state index in [1.165, 1.54) is 33.4 Å². The first kappa shape index (κ1) is 81.8. The molecule has 0 aliphatic rings. The minimum Gasteiger partial charge on any atom is -0.496 e. The molecule has 0 saturated heterocycles. The van der Waals surface area contributed by atoms with Crippen LogP contribution in [0.3, 0.4) is 0 Å². The lowest BCUT2D eigenvalue weighted by atomic mass is 9.74. The van der Waals surface area contributed by atoms with Crippen molar-refractivity contribution in [3.8, 4) is 11.5 Å². The van der Waals surface area contributed by atoms with E-state index >= 15 is 0 Å². The van der Waals surface area contributed by atoms with Gasteiger partial charge < -0.3 is 51.2 Å². The zero-order valence-electron chi connectivity index (χ0n) is 46.8. The molecule has 0 radical (unpaired) electrons. The summed E-state index contributed by atoms with van der Waals surface area (Å²) in [6.07, 6.45) is -19.0. The number of hydrogen-bond acceptors (Lipinski definition) is 10. The molecule has 0 saturated carbocycles. The van der Waals surface area contributed by atoms with E-state index in [1.807, 2.05) is 0 Å². The number of aliphatic carboxylic acids is 2. The van der Waals surface area contributed by atoms with Crippen molar-refractivity contribution >= 4 is 24.9 Å². The molecule has 458 valence electrons. The summed E-state index contributed by atoms with van der Waals surface area (Å²) in [4.78, 5) is 34.5. The highest BCUT2D eigenvalue weighted by Gasteiger charge is 2.59. The van der Waals surface area contributed by atoms with Gasteiger partial charge in [0.2, 0.25) is 0 Å². The fourth-order valence-corrected chi connectivity index (χ4v) is 6.39. The van der Waals surface area contributed by atoms with Gasteiger partial charge in [0.15, 0.2) is 0 Å². The van der Waals surface area contributed by atoms with Crippen molar-refractivity contribution in [2.24, 2.45) is 0 Å². The van der Waals surface area contributed by atoms with Crippen LogP contribution in [0.4, 0.5) is 52.7 Å². The van der Waals surface area contributed by atoms with Crippen molar-refractivity contribution in [2.75, 3.05) is 40.4 Å². The van der Waals surface area contributed by atoms with Gasteiger partial charge in [-0.05, 0) is 127 Å². The van der Waals surface area contributed by atoms with Gasteiger partial charge >= 0.3 is 36.6 Å². The molecule has 0 aliphatic carbocycles. The molecule has 2 unspecified atom stereocenters. The third-order valence-corrected chi connectivity index (χ3v) is 10.4. The minimum atomic E-state index is -6.06. The second kappa shape index (κ2) is 36.2. The maximum Gasteiger partial charge on any atom is 0.490 e. The molecule has 0 aliphatic heterocycles. The Labute approximate surface area is 451 Å². The maximum absolute atomic E-state index is 10.6. The van der Waals surface area contributed by atoms with Gasteiger partial charge in [-0.15, -0.1) is 0 Å². The number of carboxylic acid groups (broad SMARTS) is 4. The molecule has 0 amide bonds. The van der Waals surface area contributed by atoms with Crippen LogP contribution in [0.25, 0.3) is 0 Å². The fourth-order valence-electron chi connectivity index (χ4n) is 6.39. The lowest BCUT2D eigenvalue weighted by molar-refractivity contribution is -0.339. The smallest absolute Gasteiger partial charge is 0.490 e. The Morgan fingerprint density at radius 3 is 0.897 bits per heavy atom. The van der Waals surface area contributed by atoms with E-state index in [2.05, 4.69) is 142 Å². The molecule has 2 rings (SSSR count). The Kier molecular flexibility index (Phi) is 38.0. The van der Waals surface area contributed by atoms with Crippen LogP contribution in [0.1, 0.15) is 157 Å².